The number of aryl methyl sites for hydroxylation is 2. The Morgan fingerprint density at radius 3 is 1.38 bits per heavy atom. The maximum absolute atomic E-state index is 2.79. The van der Waals surface area contributed by atoms with Gasteiger partial charge in [0.1, 0.15) is 0 Å². The Morgan fingerprint density at radius 1 is 0.390 bits per heavy atom. The Morgan fingerprint density at radius 2 is 0.857 bits per heavy atom. The third kappa shape index (κ3) is 7.12. The number of nitrogens with zero attached hydrogens (tertiary/aromatic N) is 2. The molecule has 0 atom stereocenters. The van der Waals surface area contributed by atoms with Gasteiger partial charge in [0, 0.05) is 39.5 Å². The summed E-state index contributed by atoms with van der Waals surface area (Å²) in [6, 6.07) is 45.0. The van der Waals surface area contributed by atoms with Crippen LogP contribution in [0.15, 0.2) is 109 Å². The lowest BCUT2D eigenvalue weighted by atomic mass is 9.32. The van der Waals surface area contributed by atoms with Gasteiger partial charge in [-0.2, -0.15) is 0 Å². The lowest BCUT2D eigenvalue weighted by Crippen LogP contribution is -2.63. The summed E-state index contributed by atoms with van der Waals surface area (Å²) in [5.41, 5.74) is 33.6. The third-order valence-electron chi connectivity index (χ3n) is 21.1. The minimum atomic E-state index is -0.264. The first-order valence-electron chi connectivity index (χ1n) is 29.5. The summed E-state index contributed by atoms with van der Waals surface area (Å²) >= 11 is 0. The number of hydrogen-bond donors (Lipinski definition) is 0. The van der Waals surface area contributed by atoms with Gasteiger partial charge in [0.2, 0.25) is 0 Å². The van der Waals surface area contributed by atoms with E-state index in [0.717, 1.165) is 6.42 Å². The summed E-state index contributed by atoms with van der Waals surface area (Å²) in [7, 11) is 0. The van der Waals surface area contributed by atoms with Crippen molar-refractivity contribution in [1.29, 1.82) is 0 Å². The molecular formula is C74H85BN2. The van der Waals surface area contributed by atoms with E-state index >= 15 is 0 Å². The highest BCUT2D eigenvalue weighted by Gasteiger charge is 2.52. The van der Waals surface area contributed by atoms with Gasteiger partial charge >= 0.3 is 0 Å². The van der Waals surface area contributed by atoms with Crippen molar-refractivity contribution in [2.24, 2.45) is 0 Å². The van der Waals surface area contributed by atoms with Crippen LogP contribution in [0.5, 0.6) is 0 Å². The normalized spacial score (nSPS) is 20.5. The molecule has 13 rings (SSSR count). The Kier molecular flexibility index (Phi) is 10.4. The number of benzene rings is 7. The van der Waals surface area contributed by atoms with E-state index in [4.69, 9.17) is 0 Å². The van der Waals surface area contributed by atoms with E-state index in [2.05, 4.69) is 251 Å². The second-order valence-electron chi connectivity index (χ2n) is 30.8. The van der Waals surface area contributed by atoms with Crippen molar-refractivity contribution in [2.75, 3.05) is 9.80 Å². The molecule has 3 heteroatoms. The molecular weight excluding hydrogens is 928 g/mol. The fourth-order valence-electron chi connectivity index (χ4n) is 16.6. The first kappa shape index (κ1) is 50.7. The van der Waals surface area contributed by atoms with Crippen molar-refractivity contribution in [3.63, 3.8) is 0 Å². The molecule has 0 saturated heterocycles. The lowest BCUT2D eigenvalue weighted by molar-refractivity contribution is 0.332. The number of rotatable bonds is 3. The maximum atomic E-state index is 2.79. The van der Waals surface area contributed by atoms with Crippen LogP contribution in [0.3, 0.4) is 0 Å². The van der Waals surface area contributed by atoms with Crippen LogP contribution in [-0.4, -0.2) is 6.71 Å². The summed E-state index contributed by atoms with van der Waals surface area (Å²) in [5, 5.41) is 0. The highest BCUT2D eigenvalue weighted by atomic mass is 15.2. The van der Waals surface area contributed by atoms with Crippen molar-refractivity contribution in [3.05, 3.63) is 170 Å². The van der Waals surface area contributed by atoms with E-state index in [1.54, 1.807) is 0 Å². The van der Waals surface area contributed by atoms with Gasteiger partial charge in [-0.3, -0.25) is 0 Å². The Bertz CT molecular complexity index is 3710. The van der Waals surface area contributed by atoms with E-state index in [-0.39, 0.29) is 50.0 Å². The molecule has 2 heterocycles. The molecule has 77 heavy (non-hydrogen) atoms. The van der Waals surface area contributed by atoms with Crippen LogP contribution in [0.25, 0.3) is 22.3 Å². The molecule has 6 aliphatic rings. The molecule has 2 aliphatic heterocycles. The smallest absolute Gasteiger partial charge is 0.252 e. The molecule has 394 valence electrons. The largest absolute Gasteiger partial charge is 0.311 e. The van der Waals surface area contributed by atoms with E-state index < -0.39 is 0 Å². The molecule has 0 N–H and O–H groups in total. The van der Waals surface area contributed by atoms with Crippen molar-refractivity contribution < 1.29 is 0 Å². The zero-order valence-electron chi connectivity index (χ0n) is 50.4. The van der Waals surface area contributed by atoms with Gasteiger partial charge in [0.15, 0.2) is 0 Å². The fourth-order valence-corrected chi connectivity index (χ4v) is 16.6. The van der Waals surface area contributed by atoms with Crippen molar-refractivity contribution in [3.8, 4) is 22.3 Å². The Balaban J connectivity index is 1.22. The predicted molar refractivity (Wildman–Crippen MR) is 333 cm³/mol. The standard InChI is InChI=1S/C74H85BN2/c1-43-33-51-54(70(10,11)31-29-68(51,6)7)39-59(43)76-58-28-26-48-49-37-47(67(3,4)5)25-27-50(49)74(18,19)64(48)66(58)75-57-38-53-56(73(16,17)42-72(53,14)15)41-61(57)77(63-36-46(35-62(76)65(63)75)45-23-21-20-22-24-45)60-40-55-52(34-44(60)2)69(8,9)30-32-71(55,12)13/h20-28,33-41H,29-32,42H2,1-19H3. The van der Waals surface area contributed by atoms with Crippen LogP contribution >= 0.6 is 0 Å². The van der Waals surface area contributed by atoms with Crippen LogP contribution in [0.1, 0.15) is 211 Å². The van der Waals surface area contributed by atoms with E-state index in [0.29, 0.717) is 0 Å². The van der Waals surface area contributed by atoms with Gasteiger partial charge in [0.05, 0.1) is 0 Å². The summed E-state index contributed by atoms with van der Waals surface area (Å²) in [5.74, 6) is 0. The highest BCUT2D eigenvalue weighted by molar-refractivity contribution is 7.00. The van der Waals surface area contributed by atoms with Crippen LogP contribution in [0.2, 0.25) is 0 Å². The quantitative estimate of drug-likeness (QED) is 0.163. The van der Waals surface area contributed by atoms with Gasteiger partial charge in [-0.25, -0.2) is 0 Å². The molecule has 0 radical (unpaired) electrons. The van der Waals surface area contributed by atoms with Gasteiger partial charge < -0.3 is 9.80 Å². The van der Waals surface area contributed by atoms with Gasteiger partial charge in [-0.05, 0) is 220 Å². The predicted octanol–water partition coefficient (Wildman–Crippen LogP) is 18.3. The molecule has 0 unspecified atom stereocenters. The van der Waals surface area contributed by atoms with Crippen LogP contribution in [-0.2, 0) is 43.3 Å². The SMILES string of the molecule is Cc1cc2c(cc1N1c3cc4c(cc3B3c5c1cc(-c1ccccc1)cc5N(c1cc5c(cc1C)C(C)(C)CCC5(C)C)c1ccc5c(c13)C(C)(C)c1ccc(C(C)(C)C)cc1-5)C(C)(C)CC4(C)C)C(C)(C)CCC2(C)C. The molecule has 2 nitrogen and oxygen atoms in total. The van der Waals surface area contributed by atoms with Crippen LogP contribution in [0, 0.1) is 13.8 Å². The summed E-state index contributed by atoms with van der Waals surface area (Å²) in [4.78, 5) is 5.57. The molecule has 0 amide bonds. The fraction of sp³-hybridized carbons (Fsp3) is 0.432. The molecule has 0 aromatic heterocycles. The average molecular weight is 1010 g/mol. The Labute approximate surface area is 464 Å². The third-order valence-corrected chi connectivity index (χ3v) is 21.1. The highest BCUT2D eigenvalue weighted by Crippen LogP contribution is 2.58. The van der Waals surface area contributed by atoms with Crippen molar-refractivity contribution in [1.82, 2.24) is 0 Å². The molecule has 0 bridgehead atoms. The van der Waals surface area contributed by atoms with Crippen molar-refractivity contribution in [2.45, 2.75) is 207 Å². The lowest BCUT2D eigenvalue weighted by Gasteiger charge is -2.48. The molecule has 0 spiro atoms. The first-order valence-corrected chi connectivity index (χ1v) is 29.5. The molecule has 0 saturated carbocycles. The van der Waals surface area contributed by atoms with E-state index in [9.17, 15) is 0 Å². The molecule has 4 aliphatic carbocycles. The first-order chi connectivity index (χ1) is 35.8. The molecule has 7 aromatic carbocycles. The minimum Gasteiger partial charge on any atom is -0.311 e. The minimum absolute atomic E-state index is 0.0109. The van der Waals surface area contributed by atoms with Gasteiger partial charge in [-0.1, -0.05) is 190 Å². The van der Waals surface area contributed by atoms with E-state index in [1.165, 1.54) is 160 Å². The zero-order valence-corrected chi connectivity index (χ0v) is 50.4. The number of fused-ring (bicyclic) bond motifs is 11. The topological polar surface area (TPSA) is 6.48 Å². The van der Waals surface area contributed by atoms with Gasteiger partial charge in [0.25, 0.3) is 6.71 Å². The maximum Gasteiger partial charge on any atom is 0.252 e. The monoisotopic (exact) mass is 1010 g/mol. The van der Waals surface area contributed by atoms with Gasteiger partial charge in [-0.15, -0.1) is 0 Å². The van der Waals surface area contributed by atoms with E-state index in [1.807, 2.05) is 0 Å². The summed E-state index contributed by atoms with van der Waals surface area (Å²) in [6.07, 6.45) is 5.83. The molecule has 0 fully saturated rings. The second-order valence-corrected chi connectivity index (χ2v) is 30.8. The van der Waals surface area contributed by atoms with Crippen LogP contribution < -0.4 is 26.2 Å². The molecule has 7 aromatic rings. The second kappa shape index (κ2) is 15.7. The van der Waals surface area contributed by atoms with Crippen LogP contribution in [0.4, 0.5) is 34.1 Å². The number of hydrogen-bond acceptors (Lipinski definition) is 2. The Hall–Kier alpha value is -5.80. The summed E-state index contributed by atoms with van der Waals surface area (Å²) in [6.45, 7) is 46.9. The van der Waals surface area contributed by atoms with Crippen molar-refractivity contribution >= 4 is 57.2 Å². The average Bonchev–Trinajstić information content (AvgIpc) is 3.71. The number of anilines is 6. The zero-order chi connectivity index (χ0) is 54.9. The summed E-state index contributed by atoms with van der Waals surface area (Å²) < 4.78 is 0.